The Bertz CT molecular complexity index is 469. The van der Waals surface area contributed by atoms with Crippen LogP contribution in [0.25, 0.3) is 0 Å². The molecule has 6 heteroatoms. The monoisotopic (exact) mass is 378 g/mol. The summed E-state index contributed by atoms with van der Waals surface area (Å²) < 4.78 is 1.09. The average Bonchev–Trinajstić information content (AvgIpc) is 2.95. The highest BCUT2D eigenvalue weighted by Crippen LogP contribution is 2.30. The van der Waals surface area contributed by atoms with Gasteiger partial charge in [-0.05, 0) is 60.7 Å². The Morgan fingerprint density at radius 1 is 1.40 bits per heavy atom. The Labute approximate surface area is 138 Å². The van der Waals surface area contributed by atoms with Gasteiger partial charge in [-0.1, -0.05) is 0 Å². The third-order valence-electron chi connectivity index (χ3n) is 4.23. The van der Waals surface area contributed by atoms with Gasteiger partial charge < -0.3 is 10.6 Å². The number of hydrogen-bond acceptors (Lipinski definition) is 3. The summed E-state index contributed by atoms with van der Waals surface area (Å²) in [5, 5.41) is 6.84. The lowest BCUT2D eigenvalue weighted by molar-refractivity contribution is -0.123. The molecule has 3 rings (SSSR count). The number of rotatable bonds is 3. The van der Waals surface area contributed by atoms with Gasteiger partial charge in [0.25, 0.3) is 0 Å². The van der Waals surface area contributed by atoms with Crippen LogP contribution in [0.2, 0.25) is 0 Å². The third-order valence-corrected chi connectivity index (χ3v) is 6.04. The van der Waals surface area contributed by atoms with Crippen molar-refractivity contribution in [3.8, 4) is 0 Å². The molecule has 0 spiro atoms. The van der Waals surface area contributed by atoms with Crippen molar-refractivity contribution in [2.75, 3.05) is 0 Å². The maximum Gasteiger partial charge on any atom is 0.228 e. The normalized spacial score (nSPS) is 29.6. The van der Waals surface area contributed by atoms with E-state index in [-0.39, 0.29) is 24.2 Å². The van der Waals surface area contributed by atoms with E-state index in [2.05, 4.69) is 26.6 Å². The topological polar surface area (TPSA) is 41.1 Å². The summed E-state index contributed by atoms with van der Waals surface area (Å²) >= 11 is 5.09. The molecule has 3 nitrogen and oxygen atoms in total. The molecule has 3 unspecified atom stereocenters. The van der Waals surface area contributed by atoms with E-state index in [1.165, 1.54) is 12.8 Å². The first kappa shape index (κ1) is 16.3. The number of fused-ring (bicyclic) bond motifs is 2. The molecule has 20 heavy (non-hydrogen) atoms. The molecule has 1 aromatic rings. The van der Waals surface area contributed by atoms with Crippen LogP contribution in [0.1, 0.15) is 43.4 Å². The lowest BCUT2D eigenvalue weighted by Gasteiger charge is -2.30. The minimum atomic E-state index is -0.0520. The number of nitrogens with one attached hydrogen (secondary N) is 2. The fraction of sp³-hybridized carbons (Fsp3) is 0.643. The molecule has 2 N–H and O–H groups in total. The van der Waals surface area contributed by atoms with Gasteiger partial charge in [0.1, 0.15) is 0 Å². The van der Waals surface area contributed by atoms with E-state index in [4.69, 9.17) is 0 Å². The summed E-state index contributed by atoms with van der Waals surface area (Å²) in [6.07, 6.45) is 4.71. The molecule has 2 saturated heterocycles. The minimum absolute atomic E-state index is 0. The molecule has 0 radical (unpaired) electrons. The van der Waals surface area contributed by atoms with E-state index in [9.17, 15) is 4.79 Å². The molecular formula is C14H20BrClN2OS. The molecule has 0 aromatic carbocycles. The number of thiophene rings is 1. The van der Waals surface area contributed by atoms with Crippen LogP contribution in [0, 0.1) is 0 Å². The van der Waals surface area contributed by atoms with Gasteiger partial charge in [-0.15, -0.1) is 23.7 Å². The summed E-state index contributed by atoms with van der Waals surface area (Å²) in [7, 11) is 0. The zero-order valence-electron chi connectivity index (χ0n) is 11.4. The van der Waals surface area contributed by atoms with Gasteiger partial charge in [0.2, 0.25) is 5.91 Å². The highest BCUT2D eigenvalue weighted by atomic mass is 79.9. The highest BCUT2D eigenvalue weighted by Gasteiger charge is 2.34. The van der Waals surface area contributed by atoms with Gasteiger partial charge in [0, 0.05) is 23.0 Å². The molecule has 2 aliphatic rings. The summed E-state index contributed by atoms with van der Waals surface area (Å²) in [6.45, 7) is 1.99. The quantitative estimate of drug-likeness (QED) is 0.844. The van der Waals surface area contributed by atoms with Crippen molar-refractivity contribution >= 4 is 45.6 Å². The van der Waals surface area contributed by atoms with Crippen LogP contribution in [0.5, 0.6) is 0 Å². The largest absolute Gasteiger partial charge is 0.353 e. The number of carbonyl (C=O) groups is 1. The first-order valence-electron chi connectivity index (χ1n) is 6.93. The fourth-order valence-corrected chi connectivity index (χ4v) is 4.67. The molecule has 3 heterocycles. The predicted molar refractivity (Wildman–Crippen MR) is 88.8 cm³/mol. The maximum absolute atomic E-state index is 12.3. The van der Waals surface area contributed by atoms with Gasteiger partial charge in [-0.3, -0.25) is 4.79 Å². The van der Waals surface area contributed by atoms with Crippen LogP contribution in [-0.4, -0.2) is 24.0 Å². The Kier molecular flexibility index (Phi) is 5.51. The number of halogens is 2. The van der Waals surface area contributed by atoms with Gasteiger partial charge in [-0.2, -0.15) is 0 Å². The van der Waals surface area contributed by atoms with Crippen molar-refractivity contribution in [2.45, 2.75) is 56.7 Å². The SMILES string of the molecule is CC(C(=O)NC1CC2CCC(C1)N2)c1ccc(Br)s1.Cl. The van der Waals surface area contributed by atoms with E-state index >= 15 is 0 Å². The number of piperidine rings is 1. The molecule has 2 aliphatic heterocycles. The van der Waals surface area contributed by atoms with Crippen molar-refractivity contribution in [1.82, 2.24) is 10.6 Å². The summed E-state index contributed by atoms with van der Waals surface area (Å²) in [5.41, 5.74) is 0. The van der Waals surface area contributed by atoms with E-state index in [1.54, 1.807) is 11.3 Å². The van der Waals surface area contributed by atoms with Gasteiger partial charge in [-0.25, -0.2) is 0 Å². The standard InChI is InChI=1S/C14H19BrN2OS.ClH/c1-8(12-4-5-13(15)19-12)14(18)17-11-6-9-2-3-10(7-11)16-9;/h4-5,8-11,16H,2-3,6-7H2,1H3,(H,17,18);1H. The summed E-state index contributed by atoms with van der Waals surface area (Å²) in [5.74, 6) is 0.115. The molecule has 112 valence electrons. The summed E-state index contributed by atoms with van der Waals surface area (Å²) in [6, 6.07) is 5.64. The van der Waals surface area contributed by atoms with Gasteiger partial charge in [0.05, 0.1) is 9.70 Å². The number of amides is 1. The Morgan fingerprint density at radius 2 is 2.05 bits per heavy atom. The predicted octanol–water partition coefficient (Wildman–Crippen LogP) is 3.44. The molecule has 1 aromatic heterocycles. The second-order valence-electron chi connectivity index (χ2n) is 5.68. The second-order valence-corrected chi connectivity index (χ2v) is 8.17. The van der Waals surface area contributed by atoms with Crippen LogP contribution in [0.3, 0.4) is 0 Å². The molecular weight excluding hydrogens is 360 g/mol. The van der Waals surface area contributed by atoms with Crippen LogP contribution < -0.4 is 10.6 Å². The lowest BCUT2D eigenvalue weighted by Crippen LogP contribution is -2.48. The molecule has 3 atom stereocenters. The first-order valence-corrected chi connectivity index (χ1v) is 8.54. The van der Waals surface area contributed by atoms with Crippen LogP contribution in [0.15, 0.2) is 15.9 Å². The van der Waals surface area contributed by atoms with E-state index in [0.29, 0.717) is 18.1 Å². The highest BCUT2D eigenvalue weighted by molar-refractivity contribution is 9.11. The van der Waals surface area contributed by atoms with Crippen LogP contribution in [-0.2, 0) is 4.79 Å². The fourth-order valence-electron chi connectivity index (χ4n) is 3.19. The van der Waals surface area contributed by atoms with Crippen molar-refractivity contribution in [2.24, 2.45) is 0 Å². The van der Waals surface area contributed by atoms with E-state index < -0.39 is 0 Å². The Hall–Kier alpha value is -0.100. The molecule has 2 bridgehead atoms. The Morgan fingerprint density at radius 3 is 2.60 bits per heavy atom. The van der Waals surface area contributed by atoms with Crippen molar-refractivity contribution in [3.63, 3.8) is 0 Å². The third kappa shape index (κ3) is 3.56. The zero-order valence-corrected chi connectivity index (χ0v) is 14.6. The summed E-state index contributed by atoms with van der Waals surface area (Å²) in [4.78, 5) is 13.4. The Balaban J connectivity index is 0.00000147. The number of hydrogen-bond donors (Lipinski definition) is 2. The zero-order chi connectivity index (χ0) is 13.4. The van der Waals surface area contributed by atoms with Gasteiger partial charge in [0.15, 0.2) is 0 Å². The molecule has 1 amide bonds. The molecule has 0 aliphatic carbocycles. The van der Waals surface area contributed by atoms with Crippen molar-refractivity contribution in [1.29, 1.82) is 0 Å². The molecule has 2 fully saturated rings. The van der Waals surface area contributed by atoms with Gasteiger partial charge >= 0.3 is 0 Å². The molecule has 0 saturated carbocycles. The second kappa shape index (κ2) is 6.77. The number of carbonyl (C=O) groups excluding carboxylic acids is 1. The van der Waals surface area contributed by atoms with Crippen LogP contribution in [0.4, 0.5) is 0 Å². The van der Waals surface area contributed by atoms with Crippen molar-refractivity contribution < 1.29 is 4.79 Å². The first-order chi connectivity index (χ1) is 9.11. The van der Waals surface area contributed by atoms with Crippen molar-refractivity contribution in [3.05, 3.63) is 20.8 Å². The maximum atomic E-state index is 12.3. The smallest absolute Gasteiger partial charge is 0.228 e. The van der Waals surface area contributed by atoms with E-state index in [1.807, 2.05) is 19.1 Å². The van der Waals surface area contributed by atoms with Crippen LogP contribution >= 0.6 is 39.7 Å². The average molecular weight is 380 g/mol. The minimum Gasteiger partial charge on any atom is -0.353 e. The lowest BCUT2D eigenvalue weighted by atomic mass is 9.98. The van der Waals surface area contributed by atoms with E-state index in [0.717, 1.165) is 21.5 Å².